The van der Waals surface area contributed by atoms with Crippen molar-refractivity contribution in [2.75, 3.05) is 13.1 Å². The molecule has 1 rings (SSSR count). The molecule has 1 aromatic carbocycles. The minimum absolute atomic E-state index is 0.0440. The van der Waals surface area contributed by atoms with E-state index >= 15 is 0 Å². The molecule has 0 heterocycles. The molecule has 7 heteroatoms. The summed E-state index contributed by atoms with van der Waals surface area (Å²) in [5, 5.41) is 8.78. The molecule has 0 radical (unpaired) electrons. The van der Waals surface area contributed by atoms with E-state index in [0.717, 1.165) is 6.07 Å². The third-order valence-electron chi connectivity index (χ3n) is 2.90. The molecule has 0 saturated carbocycles. The van der Waals surface area contributed by atoms with E-state index in [2.05, 4.69) is 15.9 Å². The Morgan fingerprint density at radius 1 is 1.48 bits per heavy atom. The number of carbonyl (C=O) groups excluding carboxylic acids is 1. The highest BCUT2D eigenvalue weighted by atomic mass is 79.9. The summed E-state index contributed by atoms with van der Waals surface area (Å²) in [5.74, 6) is -0.899. The molecule has 0 N–H and O–H groups in total. The highest BCUT2D eigenvalue weighted by Crippen LogP contribution is 2.35. The predicted molar refractivity (Wildman–Crippen MR) is 75.5 cm³/mol. The Morgan fingerprint density at radius 3 is 2.57 bits per heavy atom. The first-order valence-corrected chi connectivity index (χ1v) is 7.05. The van der Waals surface area contributed by atoms with Crippen LogP contribution in [0, 0.1) is 17.2 Å². The lowest BCUT2D eigenvalue weighted by Crippen LogP contribution is -2.34. The molecule has 0 aliphatic carbocycles. The molecule has 114 valence electrons. The fourth-order valence-corrected chi connectivity index (χ4v) is 2.26. The van der Waals surface area contributed by atoms with Crippen molar-refractivity contribution < 1.29 is 18.0 Å². The van der Waals surface area contributed by atoms with Gasteiger partial charge in [-0.1, -0.05) is 15.9 Å². The van der Waals surface area contributed by atoms with E-state index in [0.29, 0.717) is 6.54 Å². The summed E-state index contributed by atoms with van der Waals surface area (Å²) < 4.78 is 38.4. The Balaban J connectivity index is 3.10. The monoisotopic (exact) mass is 362 g/mol. The van der Waals surface area contributed by atoms with E-state index in [9.17, 15) is 18.0 Å². The minimum Gasteiger partial charge on any atom is -0.338 e. The fraction of sp³-hybridized carbons (Fsp3) is 0.429. The second-order valence-corrected chi connectivity index (χ2v) is 5.42. The number of carbonyl (C=O) groups is 1. The van der Waals surface area contributed by atoms with Crippen LogP contribution >= 0.6 is 15.9 Å². The van der Waals surface area contributed by atoms with Gasteiger partial charge in [0.1, 0.15) is 0 Å². The first kappa shape index (κ1) is 17.5. The summed E-state index contributed by atoms with van der Waals surface area (Å²) in [5.41, 5.74) is -0.935. The summed E-state index contributed by atoms with van der Waals surface area (Å²) in [6.45, 7) is 3.87. The third kappa shape index (κ3) is 4.46. The first-order valence-electron chi connectivity index (χ1n) is 6.26. The van der Waals surface area contributed by atoms with Crippen LogP contribution in [0.1, 0.15) is 29.8 Å². The van der Waals surface area contributed by atoms with Gasteiger partial charge in [-0.25, -0.2) is 0 Å². The zero-order chi connectivity index (χ0) is 16.2. The normalized spacial score (nSPS) is 12.6. The fourth-order valence-electron chi connectivity index (χ4n) is 1.79. The standard InChI is InChI=1S/C14H14BrF3N2O/c1-3-20(8-9(2)7-19)13(21)10-4-5-12(15)11(6-10)14(16,17)18/h4-6,9H,3,8H2,1-2H3. The number of alkyl halides is 3. The first-order chi connectivity index (χ1) is 9.70. The maximum absolute atomic E-state index is 12.8. The summed E-state index contributed by atoms with van der Waals surface area (Å²) in [4.78, 5) is 13.6. The summed E-state index contributed by atoms with van der Waals surface area (Å²) in [6, 6.07) is 5.37. The van der Waals surface area contributed by atoms with E-state index in [-0.39, 0.29) is 22.5 Å². The van der Waals surface area contributed by atoms with Gasteiger partial charge < -0.3 is 4.90 Å². The zero-order valence-corrected chi connectivity index (χ0v) is 13.1. The predicted octanol–water partition coefficient (Wildman–Crippen LogP) is 4.09. The second kappa shape index (κ2) is 6.94. The SMILES string of the molecule is CCN(CC(C)C#N)C(=O)c1ccc(Br)c(C(F)(F)F)c1. The van der Waals surface area contributed by atoms with Gasteiger partial charge in [-0.15, -0.1) is 0 Å². The van der Waals surface area contributed by atoms with Crippen molar-refractivity contribution in [3.05, 3.63) is 33.8 Å². The molecule has 3 nitrogen and oxygen atoms in total. The third-order valence-corrected chi connectivity index (χ3v) is 3.59. The highest BCUT2D eigenvalue weighted by molar-refractivity contribution is 9.10. The van der Waals surface area contributed by atoms with Gasteiger partial charge >= 0.3 is 6.18 Å². The molecular formula is C14H14BrF3N2O. The van der Waals surface area contributed by atoms with Gasteiger partial charge in [0.2, 0.25) is 0 Å². The van der Waals surface area contributed by atoms with Crippen molar-refractivity contribution in [1.82, 2.24) is 4.90 Å². The van der Waals surface area contributed by atoms with Gasteiger partial charge in [-0.3, -0.25) is 4.79 Å². The van der Waals surface area contributed by atoms with Crippen LogP contribution in [0.15, 0.2) is 22.7 Å². The van der Waals surface area contributed by atoms with E-state index in [1.807, 2.05) is 6.07 Å². The quantitative estimate of drug-likeness (QED) is 0.809. The number of benzene rings is 1. The molecule has 0 aliphatic rings. The number of nitriles is 1. The number of amides is 1. The Hall–Kier alpha value is -1.55. The number of rotatable bonds is 4. The molecule has 0 fully saturated rings. The van der Waals surface area contributed by atoms with Crippen LogP contribution in [-0.4, -0.2) is 23.9 Å². The molecule has 1 unspecified atom stereocenters. The maximum atomic E-state index is 12.8. The molecule has 0 bridgehead atoms. The van der Waals surface area contributed by atoms with Crippen molar-refractivity contribution in [1.29, 1.82) is 5.26 Å². The molecule has 0 spiro atoms. The van der Waals surface area contributed by atoms with Gasteiger partial charge in [0, 0.05) is 23.1 Å². The molecule has 0 aliphatic heterocycles. The van der Waals surface area contributed by atoms with Crippen LogP contribution in [0.25, 0.3) is 0 Å². The van der Waals surface area contributed by atoms with Crippen molar-refractivity contribution >= 4 is 21.8 Å². The summed E-state index contributed by atoms with van der Waals surface area (Å²) in [6.07, 6.45) is -4.54. The maximum Gasteiger partial charge on any atom is 0.417 e. The lowest BCUT2D eigenvalue weighted by Gasteiger charge is -2.22. The molecule has 1 amide bonds. The molecule has 0 aromatic heterocycles. The van der Waals surface area contributed by atoms with Gasteiger partial charge in [0.15, 0.2) is 0 Å². The van der Waals surface area contributed by atoms with Crippen molar-refractivity contribution in [3.8, 4) is 6.07 Å². The van der Waals surface area contributed by atoms with Crippen LogP contribution in [-0.2, 0) is 6.18 Å². The number of halogens is 4. The molecule has 1 aromatic rings. The average molecular weight is 363 g/mol. The van der Waals surface area contributed by atoms with Crippen LogP contribution in [0.5, 0.6) is 0 Å². The molecule has 21 heavy (non-hydrogen) atoms. The molecule has 1 atom stereocenters. The van der Waals surface area contributed by atoms with Crippen LogP contribution in [0.2, 0.25) is 0 Å². The van der Waals surface area contributed by atoms with Crippen molar-refractivity contribution in [2.45, 2.75) is 20.0 Å². The summed E-state index contributed by atoms with van der Waals surface area (Å²) >= 11 is 2.83. The van der Waals surface area contributed by atoms with E-state index in [4.69, 9.17) is 5.26 Å². The Kier molecular flexibility index (Phi) is 5.78. The topological polar surface area (TPSA) is 44.1 Å². The number of nitrogens with zero attached hydrogens (tertiary/aromatic N) is 2. The van der Waals surface area contributed by atoms with Gasteiger partial charge in [-0.2, -0.15) is 18.4 Å². The zero-order valence-electron chi connectivity index (χ0n) is 11.5. The van der Waals surface area contributed by atoms with Crippen molar-refractivity contribution in [3.63, 3.8) is 0 Å². The highest BCUT2D eigenvalue weighted by Gasteiger charge is 2.34. The number of hydrogen-bond acceptors (Lipinski definition) is 2. The number of hydrogen-bond donors (Lipinski definition) is 0. The van der Waals surface area contributed by atoms with Gasteiger partial charge in [0.05, 0.1) is 17.6 Å². The largest absolute Gasteiger partial charge is 0.417 e. The van der Waals surface area contributed by atoms with E-state index in [1.165, 1.54) is 17.0 Å². The second-order valence-electron chi connectivity index (χ2n) is 4.57. The smallest absolute Gasteiger partial charge is 0.338 e. The Morgan fingerprint density at radius 2 is 2.10 bits per heavy atom. The lowest BCUT2D eigenvalue weighted by molar-refractivity contribution is -0.138. The van der Waals surface area contributed by atoms with Crippen LogP contribution in [0.3, 0.4) is 0 Å². The molecule has 0 saturated heterocycles. The van der Waals surface area contributed by atoms with E-state index in [1.54, 1.807) is 13.8 Å². The molecular weight excluding hydrogens is 349 g/mol. The Bertz CT molecular complexity index is 566. The van der Waals surface area contributed by atoms with Gasteiger partial charge in [-0.05, 0) is 32.0 Å². The van der Waals surface area contributed by atoms with Gasteiger partial charge in [0.25, 0.3) is 5.91 Å². The van der Waals surface area contributed by atoms with E-state index < -0.39 is 17.6 Å². The summed E-state index contributed by atoms with van der Waals surface area (Å²) in [7, 11) is 0. The lowest BCUT2D eigenvalue weighted by atomic mass is 10.1. The Labute approximate surface area is 129 Å². The van der Waals surface area contributed by atoms with Crippen LogP contribution in [0.4, 0.5) is 13.2 Å². The minimum atomic E-state index is -4.54. The van der Waals surface area contributed by atoms with Crippen molar-refractivity contribution in [2.24, 2.45) is 5.92 Å². The average Bonchev–Trinajstić information content (AvgIpc) is 2.42. The van der Waals surface area contributed by atoms with Crippen LogP contribution < -0.4 is 0 Å².